The van der Waals surface area contributed by atoms with Crippen LogP contribution in [0.5, 0.6) is 0 Å². The van der Waals surface area contributed by atoms with Gasteiger partial charge in [-0.1, -0.05) is 0 Å². The third-order valence-electron chi connectivity index (χ3n) is 2.64. The van der Waals surface area contributed by atoms with E-state index in [2.05, 4.69) is 30.8 Å². The van der Waals surface area contributed by atoms with Gasteiger partial charge in [-0.2, -0.15) is 15.2 Å². The highest BCUT2D eigenvalue weighted by Crippen LogP contribution is 2.26. The fourth-order valence-electron chi connectivity index (χ4n) is 1.75. The van der Waals surface area contributed by atoms with Crippen LogP contribution in [0.3, 0.4) is 0 Å². The molecule has 2 rings (SSSR count). The lowest BCUT2D eigenvalue weighted by Crippen LogP contribution is -2.11. The van der Waals surface area contributed by atoms with Crippen LogP contribution in [0.4, 0.5) is 17.5 Å². The fraction of sp³-hybridized carbons (Fsp3) is 0.333. The van der Waals surface area contributed by atoms with E-state index >= 15 is 0 Å². The number of rotatable bonds is 6. The fourth-order valence-corrected chi connectivity index (χ4v) is 1.75. The minimum Gasteiger partial charge on any atom is -0.358 e. The third-order valence-corrected chi connectivity index (χ3v) is 2.64. The summed E-state index contributed by atoms with van der Waals surface area (Å²) in [6.45, 7) is 4.39. The molecule has 110 valence electrons. The highest BCUT2D eigenvalue weighted by atomic mass is 16.6. The van der Waals surface area contributed by atoms with Crippen molar-refractivity contribution in [3.05, 3.63) is 39.8 Å². The number of anilines is 2. The van der Waals surface area contributed by atoms with E-state index in [1.807, 2.05) is 6.92 Å². The van der Waals surface area contributed by atoms with Crippen LogP contribution >= 0.6 is 0 Å². The largest absolute Gasteiger partial charge is 0.358 e. The van der Waals surface area contributed by atoms with E-state index in [-0.39, 0.29) is 18.1 Å². The first-order chi connectivity index (χ1) is 10.1. The van der Waals surface area contributed by atoms with E-state index in [9.17, 15) is 10.1 Å². The van der Waals surface area contributed by atoms with Crippen LogP contribution in [0.1, 0.15) is 18.3 Å². The van der Waals surface area contributed by atoms with Gasteiger partial charge in [0.2, 0.25) is 11.8 Å². The number of aryl methyl sites for hydroxylation is 1. The van der Waals surface area contributed by atoms with Gasteiger partial charge in [-0.25, -0.2) is 4.98 Å². The summed E-state index contributed by atoms with van der Waals surface area (Å²) < 4.78 is 0. The number of nitrogens with one attached hydrogen (secondary N) is 2. The van der Waals surface area contributed by atoms with Crippen LogP contribution in [0.15, 0.2) is 18.3 Å². The van der Waals surface area contributed by atoms with E-state index in [4.69, 9.17) is 0 Å². The molecule has 2 N–H and O–H groups in total. The molecule has 0 spiro atoms. The zero-order valence-electron chi connectivity index (χ0n) is 11.7. The molecule has 9 nitrogen and oxygen atoms in total. The minimum absolute atomic E-state index is 0.138. The van der Waals surface area contributed by atoms with Crippen molar-refractivity contribution in [2.45, 2.75) is 20.4 Å². The second-order valence-corrected chi connectivity index (χ2v) is 4.19. The van der Waals surface area contributed by atoms with Crippen LogP contribution in [0.2, 0.25) is 0 Å². The van der Waals surface area contributed by atoms with Gasteiger partial charge < -0.3 is 10.6 Å². The lowest BCUT2D eigenvalue weighted by atomic mass is 10.3. The van der Waals surface area contributed by atoms with Gasteiger partial charge >= 0.3 is 5.69 Å². The molecule has 0 aliphatic rings. The van der Waals surface area contributed by atoms with Crippen LogP contribution in [-0.4, -0.2) is 31.6 Å². The SMILES string of the molecule is CCNc1nc(C)c([N+](=O)[O-])c(NCc2cccnn2)n1. The Hall–Kier alpha value is -2.84. The average molecular weight is 289 g/mol. The summed E-state index contributed by atoms with van der Waals surface area (Å²) in [5.41, 5.74) is 0.821. The molecule has 0 saturated heterocycles. The number of aromatic nitrogens is 4. The Morgan fingerprint density at radius 2 is 2.14 bits per heavy atom. The minimum atomic E-state index is -0.496. The molecular weight excluding hydrogens is 274 g/mol. The average Bonchev–Trinajstić information content (AvgIpc) is 2.45. The molecule has 0 aliphatic carbocycles. The second kappa shape index (κ2) is 6.55. The topological polar surface area (TPSA) is 119 Å². The van der Waals surface area contributed by atoms with Crippen molar-refractivity contribution < 1.29 is 4.92 Å². The maximum absolute atomic E-state index is 11.2. The summed E-state index contributed by atoms with van der Waals surface area (Å²) in [6, 6.07) is 3.51. The molecular formula is C12H15N7O2. The summed E-state index contributed by atoms with van der Waals surface area (Å²) >= 11 is 0. The molecule has 0 aliphatic heterocycles. The van der Waals surface area contributed by atoms with Crippen molar-refractivity contribution in [3.8, 4) is 0 Å². The van der Waals surface area contributed by atoms with Gasteiger partial charge in [0.15, 0.2) is 0 Å². The van der Waals surface area contributed by atoms with E-state index in [0.717, 1.165) is 0 Å². The second-order valence-electron chi connectivity index (χ2n) is 4.19. The molecule has 21 heavy (non-hydrogen) atoms. The van der Waals surface area contributed by atoms with Gasteiger partial charge in [-0.05, 0) is 26.0 Å². The smallest absolute Gasteiger partial charge is 0.332 e. The lowest BCUT2D eigenvalue weighted by molar-refractivity contribution is -0.385. The van der Waals surface area contributed by atoms with Crippen molar-refractivity contribution in [2.24, 2.45) is 0 Å². The molecule has 9 heteroatoms. The Labute approximate surface area is 121 Å². The molecule has 2 aromatic rings. The highest BCUT2D eigenvalue weighted by Gasteiger charge is 2.21. The summed E-state index contributed by atoms with van der Waals surface area (Å²) in [7, 11) is 0. The van der Waals surface area contributed by atoms with Gasteiger partial charge in [0.05, 0.1) is 17.2 Å². The molecule has 0 fully saturated rings. The lowest BCUT2D eigenvalue weighted by Gasteiger charge is -2.09. The molecule has 0 bridgehead atoms. The van der Waals surface area contributed by atoms with Gasteiger partial charge in [-0.15, -0.1) is 0 Å². The molecule has 0 aromatic carbocycles. The van der Waals surface area contributed by atoms with Crippen LogP contribution < -0.4 is 10.6 Å². The highest BCUT2D eigenvalue weighted by molar-refractivity contribution is 5.60. The predicted octanol–water partition coefficient (Wildman–Crippen LogP) is 1.53. The molecule has 0 saturated carbocycles. The van der Waals surface area contributed by atoms with E-state index < -0.39 is 4.92 Å². The summed E-state index contributed by atoms with van der Waals surface area (Å²) in [6.07, 6.45) is 1.56. The van der Waals surface area contributed by atoms with Gasteiger partial charge in [0.1, 0.15) is 5.69 Å². The molecule has 2 aromatic heterocycles. The molecule has 0 unspecified atom stereocenters. The normalized spacial score (nSPS) is 10.2. The van der Waals surface area contributed by atoms with E-state index in [0.29, 0.717) is 23.9 Å². The van der Waals surface area contributed by atoms with Crippen molar-refractivity contribution >= 4 is 17.5 Å². The Bertz CT molecular complexity index is 633. The maximum atomic E-state index is 11.2. The van der Waals surface area contributed by atoms with Crippen molar-refractivity contribution in [3.63, 3.8) is 0 Å². The first kappa shape index (κ1) is 14.6. The Morgan fingerprint density at radius 3 is 2.76 bits per heavy atom. The van der Waals surface area contributed by atoms with Crippen LogP contribution in [0.25, 0.3) is 0 Å². The molecule has 0 radical (unpaired) electrons. The number of hydrogen-bond donors (Lipinski definition) is 2. The van der Waals surface area contributed by atoms with E-state index in [1.54, 1.807) is 25.3 Å². The standard InChI is InChI=1S/C12H15N7O2/c1-3-13-12-16-8(2)10(19(20)21)11(17-12)14-7-9-5-4-6-15-18-9/h4-6H,3,7H2,1-2H3,(H2,13,14,16,17). The number of nitro groups is 1. The third kappa shape index (κ3) is 3.59. The first-order valence-electron chi connectivity index (χ1n) is 6.39. The van der Waals surface area contributed by atoms with Crippen molar-refractivity contribution in [1.29, 1.82) is 0 Å². The van der Waals surface area contributed by atoms with E-state index in [1.165, 1.54) is 0 Å². The number of hydrogen-bond acceptors (Lipinski definition) is 8. The zero-order chi connectivity index (χ0) is 15.2. The Balaban J connectivity index is 2.28. The van der Waals surface area contributed by atoms with Gasteiger partial charge in [-0.3, -0.25) is 10.1 Å². The summed E-state index contributed by atoms with van der Waals surface area (Å²) in [4.78, 5) is 18.9. The Kier molecular flexibility index (Phi) is 4.54. The Morgan fingerprint density at radius 1 is 1.33 bits per heavy atom. The quantitative estimate of drug-likeness (QED) is 0.607. The van der Waals surface area contributed by atoms with Crippen molar-refractivity contribution in [2.75, 3.05) is 17.2 Å². The first-order valence-corrected chi connectivity index (χ1v) is 6.39. The predicted molar refractivity (Wildman–Crippen MR) is 76.9 cm³/mol. The van der Waals surface area contributed by atoms with Gasteiger partial charge in [0, 0.05) is 12.7 Å². The van der Waals surface area contributed by atoms with Gasteiger partial charge in [0.25, 0.3) is 0 Å². The maximum Gasteiger partial charge on any atom is 0.332 e. The zero-order valence-corrected chi connectivity index (χ0v) is 11.7. The molecule has 0 atom stereocenters. The summed E-state index contributed by atoms with van der Waals surface area (Å²) in [5, 5.41) is 24.7. The molecule has 2 heterocycles. The molecule has 0 amide bonds. The van der Waals surface area contributed by atoms with Crippen molar-refractivity contribution in [1.82, 2.24) is 20.2 Å². The van der Waals surface area contributed by atoms with Crippen LogP contribution in [-0.2, 0) is 6.54 Å². The summed E-state index contributed by atoms with van der Waals surface area (Å²) in [5.74, 6) is 0.511. The monoisotopic (exact) mass is 289 g/mol. The van der Waals surface area contributed by atoms with Crippen LogP contribution in [0, 0.1) is 17.0 Å². The number of nitrogens with zero attached hydrogens (tertiary/aromatic N) is 5.